The summed E-state index contributed by atoms with van der Waals surface area (Å²) in [5.41, 5.74) is 0.938. The van der Waals surface area contributed by atoms with Crippen LogP contribution < -0.4 is 5.32 Å². The molecule has 1 aromatic rings. The molecule has 2 fully saturated rings. The van der Waals surface area contributed by atoms with Gasteiger partial charge >= 0.3 is 0 Å². The Morgan fingerprint density at radius 1 is 1.40 bits per heavy atom. The molecule has 7 nitrogen and oxygen atoms in total. The number of nitrogens with zero attached hydrogens (tertiary/aromatic N) is 5. The van der Waals surface area contributed by atoms with Crippen LogP contribution in [0, 0.1) is 0 Å². The molecule has 0 bridgehead atoms. The van der Waals surface area contributed by atoms with E-state index in [0.29, 0.717) is 0 Å². The number of hydrogen-bond donors (Lipinski definition) is 1. The molecule has 1 amide bonds. The first-order valence-electron chi connectivity index (χ1n) is 7.33. The Labute approximate surface area is 118 Å². The van der Waals surface area contributed by atoms with Crippen molar-refractivity contribution in [3.05, 3.63) is 11.9 Å². The zero-order chi connectivity index (χ0) is 13.9. The zero-order valence-corrected chi connectivity index (χ0v) is 12.0. The van der Waals surface area contributed by atoms with Gasteiger partial charge in [0.25, 0.3) is 0 Å². The minimum atomic E-state index is 0.0232. The Bertz CT molecular complexity index is 467. The average Bonchev–Trinajstić information content (AvgIpc) is 3.09. The van der Waals surface area contributed by atoms with Gasteiger partial charge in [0.1, 0.15) is 0 Å². The van der Waals surface area contributed by atoms with Crippen molar-refractivity contribution in [1.82, 2.24) is 30.1 Å². The molecule has 0 spiro atoms. The van der Waals surface area contributed by atoms with Gasteiger partial charge in [-0.05, 0) is 19.4 Å². The van der Waals surface area contributed by atoms with Gasteiger partial charge in [0.05, 0.1) is 11.7 Å². The van der Waals surface area contributed by atoms with Crippen molar-refractivity contribution in [2.75, 3.05) is 32.7 Å². The quantitative estimate of drug-likeness (QED) is 0.785. The molecule has 1 aromatic heterocycles. The number of aromatic nitrogens is 3. The Balaban J connectivity index is 1.63. The number of rotatable bonds is 3. The maximum absolute atomic E-state index is 12.6. The summed E-state index contributed by atoms with van der Waals surface area (Å²) in [6.07, 6.45) is 3.97. The van der Waals surface area contributed by atoms with Crippen molar-refractivity contribution in [1.29, 1.82) is 0 Å². The number of piperazine rings is 1. The van der Waals surface area contributed by atoms with E-state index < -0.39 is 0 Å². The van der Waals surface area contributed by atoms with Crippen LogP contribution in [0.25, 0.3) is 0 Å². The van der Waals surface area contributed by atoms with Crippen LogP contribution in [0.1, 0.15) is 18.5 Å². The fourth-order valence-electron chi connectivity index (χ4n) is 3.07. The predicted octanol–water partition coefficient (Wildman–Crippen LogP) is -0.789. The molecular formula is C13H22N6O. The maximum atomic E-state index is 12.6. The molecule has 110 valence electrons. The summed E-state index contributed by atoms with van der Waals surface area (Å²) in [4.78, 5) is 16.9. The second-order valence-electron chi connectivity index (χ2n) is 5.59. The summed E-state index contributed by atoms with van der Waals surface area (Å²) in [6.45, 7) is 5.16. The molecule has 2 saturated heterocycles. The highest BCUT2D eigenvalue weighted by Gasteiger charge is 2.34. The van der Waals surface area contributed by atoms with Crippen LogP contribution in [0.15, 0.2) is 6.20 Å². The molecule has 1 atom stereocenters. The van der Waals surface area contributed by atoms with E-state index in [-0.39, 0.29) is 11.9 Å². The van der Waals surface area contributed by atoms with Gasteiger partial charge in [-0.15, -0.1) is 5.10 Å². The highest BCUT2D eigenvalue weighted by atomic mass is 16.2. The first-order chi connectivity index (χ1) is 9.74. The molecule has 3 heterocycles. The van der Waals surface area contributed by atoms with E-state index in [1.54, 1.807) is 4.68 Å². The number of hydrogen-bond acceptors (Lipinski definition) is 5. The Morgan fingerprint density at radius 2 is 2.20 bits per heavy atom. The third-order valence-electron chi connectivity index (χ3n) is 4.09. The molecule has 3 rings (SSSR count). The molecular weight excluding hydrogens is 256 g/mol. The summed E-state index contributed by atoms with van der Waals surface area (Å²) >= 11 is 0. The van der Waals surface area contributed by atoms with E-state index >= 15 is 0 Å². The Hall–Kier alpha value is -1.47. The largest absolute Gasteiger partial charge is 0.339 e. The summed E-state index contributed by atoms with van der Waals surface area (Å²) in [5, 5.41) is 11.4. The summed E-state index contributed by atoms with van der Waals surface area (Å²) in [5.74, 6) is 0.285. The number of likely N-dealkylation sites (tertiary alicyclic amines) is 1. The van der Waals surface area contributed by atoms with Crippen LogP contribution in [0.4, 0.5) is 0 Å². The van der Waals surface area contributed by atoms with Gasteiger partial charge in [-0.25, -0.2) is 0 Å². The van der Waals surface area contributed by atoms with E-state index in [4.69, 9.17) is 0 Å². The van der Waals surface area contributed by atoms with Gasteiger partial charge in [-0.3, -0.25) is 14.4 Å². The number of nitrogens with one attached hydrogen (secondary N) is 1. The summed E-state index contributed by atoms with van der Waals surface area (Å²) < 4.78 is 1.71. The van der Waals surface area contributed by atoms with Crippen molar-refractivity contribution in [3.63, 3.8) is 0 Å². The van der Waals surface area contributed by atoms with Gasteiger partial charge in [0.15, 0.2) is 0 Å². The lowest BCUT2D eigenvalue weighted by Gasteiger charge is -2.32. The predicted molar refractivity (Wildman–Crippen MR) is 73.9 cm³/mol. The second-order valence-corrected chi connectivity index (χ2v) is 5.59. The van der Waals surface area contributed by atoms with Crippen LogP contribution in [-0.4, -0.2) is 69.5 Å². The van der Waals surface area contributed by atoms with Crippen molar-refractivity contribution in [3.8, 4) is 0 Å². The molecule has 0 saturated carbocycles. The number of amides is 1. The lowest BCUT2D eigenvalue weighted by Crippen LogP contribution is -2.52. The molecule has 2 aliphatic rings. The maximum Gasteiger partial charge on any atom is 0.240 e. The SMILES string of the molecule is Cn1cc(CN2CCCC2C(=O)N2CCNCC2)nn1. The lowest BCUT2D eigenvalue weighted by molar-refractivity contribution is -0.136. The first-order valence-corrected chi connectivity index (χ1v) is 7.33. The van der Waals surface area contributed by atoms with Crippen molar-refractivity contribution in [2.45, 2.75) is 25.4 Å². The molecule has 2 aliphatic heterocycles. The standard InChI is InChI=1S/C13H22N6O/c1-17-9-11(15-16-17)10-19-6-2-3-12(19)13(20)18-7-4-14-5-8-18/h9,12,14H,2-8,10H2,1H3. The molecule has 0 aromatic carbocycles. The van der Waals surface area contributed by atoms with Gasteiger partial charge < -0.3 is 10.2 Å². The average molecular weight is 278 g/mol. The summed E-state index contributed by atoms with van der Waals surface area (Å²) in [7, 11) is 1.86. The number of carbonyl (C=O) groups excluding carboxylic acids is 1. The third kappa shape index (κ3) is 2.83. The van der Waals surface area contributed by atoms with Crippen LogP contribution in [0.2, 0.25) is 0 Å². The molecule has 7 heteroatoms. The van der Waals surface area contributed by atoms with Crippen LogP contribution in [0.3, 0.4) is 0 Å². The van der Waals surface area contributed by atoms with E-state index in [2.05, 4.69) is 20.5 Å². The molecule has 1 N–H and O–H groups in total. The van der Waals surface area contributed by atoms with Gasteiger partial charge in [0.2, 0.25) is 5.91 Å². The molecule has 0 radical (unpaired) electrons. The normalized spacial score (nSPS) is 24.2. The Kier molecular flexibility index (Phi) is 3.98. The number of carbonyl (C=O) groups is 1. The molecule has 1 unspecified atom stereocenters. The Morgan fingerprint density at radius 3 is 2.90 bits per heavy atom. The van der Waals surface area contributed by atoms with Crippen LogP contribution in [0.5, 0.6) is 0 Å². The highest BCUT2D eigenvalue weighted by Crippen LogP contribution is 2.21. The second kappa shape index (κ2) is 5.88. The smallest absolute Gasteiger partial charge is 0.240 e. The van der Waals surface area contributed by atoms with Gasteiger partial charge in [0, 0.05) is 46.0 Å². The minimum absolute atomic E-state index is 0.0232. The van der Waals surface area contributed by atoms with Gasteiger partial charge in [-0.2, -0.15) is 0 Å². The fraction of sp³-hybridized carbons (Fsp3) is 0.769. The van der Waals surface area contributed by atoms with E-state index in [1.807, 2.05) is 18.1 Å². The third-order valence-corrected chi connectivity index (χ3v) is 4.09. The first kappa shape index (κ1) is 13.5. The van der Waals surface area contributed by atoms with Crippen molar-refractivity contribution < 1.29 is 4.79 Å². The molecule has 20 heavy (non-hydrogen) atoms. The minimum Gasteiger partial charge on any atom is -0.339 e. The zero-order valence-electron chi connectivity index (χ0n) is 12.0. The topological polar surface area (TPSA) is 66.3 Å². The van der Waals surface area contributed by atoms with Gasteiger partial charge in [-0.1, -0.05) is 5.21 Å². The van der Waals surface area contributed by atoms with Crippen molar-refractivity contribution >= 4 is 5.91 Å². The van der Waals surface area contributed by atoms with E-state index in [0.717, 1.165) is 57.8 Å². The fourth-order valence-corrected chi connectivity index (χ4v) is 3.07. The van der Waals surface area contributed by atoms with E-state index in [1.165, 1.54) is 0 Å². The van der Waals surface area contributed by atoms with Crippen molar-refractivity contribution in [2.24, 2.45) is 7.05 Å². The summed E-state index contributed by atoms with van der Waals surface area (Å²) in [6, 6.07) is 0.0232. The van der Waals surface area contributed by atoms with Crippen LogP contribution >= 0.6 is 0 Å². The molecule has 0 aliphatic carbocycles. The van der Waals surface area contributed by atoms with Crippen LogP contribution in [-0.2, 0) is 18.4 Å². The highest BCUT2D eigenvalue weighted by molar-refractivity contribution is 5.82. The van der Waals surface area contributed by atoms with E-state index in [9.17, 15) is 4.79 Å². The monoisotopic (exact) mass is 278 g/mol. The lowest BCUT2D eigenvalue weighted by atomic mass is 10.1. The number of aryl methyl sites for hydroxylation is 1.